The number of carbonyl (C=O) groups excluding carboxylic acids is 2. The zero-order chi connectivity index (χ0) is 25.0. The number of hydrogen-bond donors (Lipinski definition) is 2. The number of aromatic nitrogens is 4. The van der Waals surface area contributed by atoms with E-state index in [0.717, 1.165) is 36.9 Å². The lowest BCUT2D eigenvalue weighted by Crippen LogP contribution is -2.50. The van der Waals surface area contributed by atoms with Crippen LogP contribution in [-0.4, -0.2) is 56.1 Å². The second kappa shape index (κ2) is 10.4. The molecule has 1 aliphatic carbocycles. The van der Waals surface area contributed by atoms with Gasteiger partial charge < -0.3 is 20.1 Å². The van der Waals surface area contributed by atoms with E-state index >= 15 is 0 Å². The minimum atomic E-state index is -0.568. The van der Waals surface area contributed by atoms with Crippen molar-refractivity contribution in [2.75, 3.05) is 11.9 Å². The lowest BCUT2D eigenvalue weighted by atomic mass is 9.90. The summed E-state index contributed by atoms with van der Waals surface area (Å²) in [5.41, 5.74) is 2.37. The summed E-state index contributed by atoms with van der Waals surface area (Å²) < 4.78 is 12.5. The van der Waals surface area contributed by atoms with Gasteiger partial charge in [0.25, 0.3) is 0 Å². The minimum Gasteiger partial charge on any atom is -0.462 e. The molecule has 1 fully saturated rings. The number of rotatable bonds is 6. The molecular formula is C24H36N6O4. The van der Waals surface area contributed by atoms with E-state index in [4.69, 9.17) is 14.5 Å². The number of carbonyl (C=O) groups is 2. The van der Waals surface area contributed by atoms with Crippen molar-refractivity contribution in [2.45, 2.75) is 84.9 Å². The molecule has 0 spiro atoms. The van der Waals surface area contributed by atoms with Gasteiger partial charge in [-0.05, 0) is 54.4 Å². The van der Waals surface area contributed by atoms with Gasteiger partial charge in [-0.25, -0.2) is 19.6 Å². The van der Waals surface area contributed by atoms with Gasteiger partial charge in [0.15, 0.2) is 0 Å². The van der Waals surface area contributed by atoms with E-state index in [-0.39, 0.29) is 18.7 Å². The van der Waals surface area contributed by atoms with Gasteiger partial charge in [-0.2, -0.15) is 5.10 Å². The number of anilines is 1. The zero-order valence-corrected chi connectivity index (χ0v) is 21.2. The predicted octanol–water partition coefficient (Wildman–Crippen LogP) is 3.92. The summed E-state index contributed by atoms with van der Waals surface area (Å²) in [6, 6.07) is -0.197. The molecule has 3 rings (SSSR count). The summed E-state index contributed by atoms with van der Waals surface area (Å²) in [4.78, 5) is 34.4. The van der Waals surface area contributed by atoms with Crippen molar-refractivity contribution >= 4 is 18.0 Å². The quantitative estimate of drug-likeness (QED) is 0.607. The highest BCUT2D eigenvalue weighted by molar-refractivity contribution is 5.97. The Morgan fingerprint density at radius 1 is 1.15 bits per heavy atom. The number of hydrogen-bond acceptors (Lipinski definition) is 8. The molecule has 2 aromatic heterocycles. The van der Waals surface area contributed by atoms with Gasteiger partial charge in [-0.15, -0.1) is 0 Å². The van der Waals surface area contributed by atoms with E-state index in [1.54, 1.807) is 24.7 Å². The van der Waals surface area contributed by atoms with Crippen LogP contribution >= 0.6 is 0 Å². The highest BCUT2D eigenvalue weighted by Crippen LogP contribution is 2.29. The molecule has 10 heteroatoms. The van der Waals surface area contributed by atoms with Crippen molar-refractivity contribution in [3.8, 4) is 11.3 Å². The fourth-order valence-corrected chi connectivity index (χ4v) is 4.11. The first-order chi connectivity index (χ1) is 16.0. The van der Waals surface area contributed by atoms with Gasteiger partial charge in [-0.3, -0.25) is 4.68 Å². The number of esters is 1. The monoisotopic (exact) mass is 472 g/mol. The van der Waals surface area contributed by atoms with Crippen molar-refractivity contribution < 1.29 is 19.1 Å². The molecule has 2 heterocycles. The molecule has 1 aliphatic rings. The second-order valence-electron chi connectivity index (χ2n) is 9.63. The first kappa shape index (κ1) is 25.5. The van der Waals surface area contributed by atoms with E-state index < -0.39 is 17.7 Å². The largest absolute Gasteiger partial charge is 0.462 e. The Kier molecular flexibility index (Phi) is 7.78. The van der Waals surface area contributed by atoms with E-state index in [1.165, 1.54) is 0 Å². The molecule has 0 bridgehead atoms. The molecule has 2 aromatic rings. The van der Waals surface area contributed by atoms with Crippen LogP contribution in [0.3, 0.4) is 0 Å². The fraction of sp³-hybridized carbons (Fsp3) is 0.625. The number of alkyl carbamates (subject to hydrolysis) is 1. The molecule has 34 heavy (non-hydrogen) atoms. The van der Waals surface area contributed by atoms with Gasteiger partial charge in [0.2, 0.25) is 5.95 Å². The lowest BCUT2D eigenvalue weighted by molar-refractivity contribution is 0.0485. The van der Waals surface area contributed by atoms with Crippen molar-refractivity contribution in [1.29, 1.82) is 0 Å². The number of nitrogens with zero attached hydrogens (tertiary/aromatic N) is 4. The Labute approximate surface area is 200 Å². The Bertz CT molecular complexity index is 1040. The van der Waals surface area contributed by atoms with Crippen LogP contribution in [0.15, 0.2) is 6.20 Å². The van der Waals surface area contributed by atoms with Crippen LogP contribution in [0.5, 0.6) is 0 Å². The standard InChI is InChI=1S/C24H36N6O4/c1-8-33-21(31)19-14(2)26-22(29-20(19)16-13-25-30(7)15(16)3)27-17-11-9-10-12-18(17)28-23(32)34-24(4,5)6/h13,17-18H,8-12H2,1-7H3,(H,28,32)(H,26,27,29). The second-order valence-corrected chi connectivity index (χ2v) is 9.63. The van der Waals surface area contributed by atoms with E-state index in [1.807, 2.05) is 34.7 Å². The number of aryl methyl sites for hydroxylation is 2. The maximum Gasteiger partial charge on any atom is 0.407 e. The normalized spacial score (nSPS) is 18.3. The van der Waals surface area contributed by atoms with Gasteiger partial charge in [0.1, 0.15) is 11.2 Å². The molecule has 2 unspecified atom stereocenters. The zero-order valence-electron chi connectivity index (χ0n) is 21.2. The highest BCUT2D eigenvalue weighted by Gasteiger charge is 2.30. The maximum atomic E-state index is 12.8. The average Bonchev–Trinajstić information content (AvgIpc) is 3.06. The Hall–Kier alpha value is -3.17. The Balaban J connectivity index is 1.92. The van der Waals surface area contributed by atoms with Crippen LogP contribution in [0.4, 0.5) is 10.7 Å². The summed E-state index contributed by atoms with van der Waals surface area (Å²) in [6.45, 7) is 11.2. The molecule has 0 aromatic carbocycles. The van der Waals surface area contributed by atoms with Crippen molar-refractivity contribution in [1.82, 2.24) is 25.1 Å². The van der Waals surface area contributed by atoms with Gasteiger partial charge in [0.05, 0.1) is 30.2 Å². The molecule has 186 valence electrons. The molecule has 2 N–H and O–H groups in total. The Morgan fingerprint density at radius 2 is 1.82 bits per heavy atom. The van der Waals surface area contributed by atoms with Gasteiger partial charge in [0, 0.05) is 24.3 Å². The van der Waals surface area contributed by atoms with E-state index in [0.29, 0.717) is 22.9 Å². The van der Waals surface area contributed by atoms with Crippen molar-refractivity contribution in [3.05, 3.63) is 23.1 Å². The molecule has 0 aliphatic heterocycles. The molecule has 1 saturated carbocycles. The smallest absolute Gasteiger partial charge is 0.407 e. The molecule has 10 nitrogen and oxygen atoms in total. The number of amides is 1. The van der Waals surface area contributed by atoms with Crippen LogP contribution in [0.1, 0.15) is 75.1 Å². The predicted molar refractivity (Wildman–Crippen MR) is 129 cm³/mol. The average molecular weight is 473 g/mol. The van der Waals surface area contributed by atoms with Crippen LogP contribution < -0.4 is 10.6 Å². The van der Waals surface area contributed by atoms with Gasteiger partial charge in [-0.1, -0.05) is 12.8 Å². The Morgan fingerprint density at radius 3 is 2.41 bits per heavy atom. The lowest BCUT2D eigenvalue weighted by Gasteiger charge is -2.33. The summed E-state index contributed by atoms with van der Waals surface area (Å²) >= 11 is 0. The third kappa shape index (κ3) is 6.03. The SMILES string of the molecule is CCOC(=O)c1c(C)nc(NC2CCCCC2NC(=O)OC(C)(C)C)nc1-c1cnn(C)c1C. The van der Waals surface area contributed by atoms with Crippen LogP contribution in [0.25, 0.3) is 11.3 Å². The van der Waals surface area contributed by atoms with Crippen LogP contribution in [0.2, 0.25) is 0 Å². The summed E-state index contributed by atoms with van der Waals surface area (Å²) in [6.07, 6.45) is 4.97. The van der Waals surface area contributed by atoms with Crippen LogP contribution in [0, 0.1) is 13.8 Å². The highest BCUT2D eigenvalue weighted by atomic mass is 16.6. The third-order valence-electron chi connectivity index (χ3n) is 5.84. The van der Waals surface area contributed by atoms with Crippen molar-refractivity contribution in [3.63, 3.8) is 0 Å². The first-order valence-corrected chi connectivity index (χ1v) is 11.8. The maximum absolute atomic E-state index is 12.8. The summed E-state index contributed by atoms with van der Waals surface area (Å²) in [5.74, 6) is -0.0707. The van der Waals surface area contributed by atoms with Gasteiger partial charge >= 0.3 is 12.1 Å². The molecule has 0 radical (unpaired) electrons. The third-order valence-corrected chi connectivity index (χ3v) is 5.84. The fourth-order valence-electron chi connectivity index (χ4n) is 4.11. The molecule has 0 saturated heterocycles. The summed E-state index contributed by atoms with van der Waals surface area (Å²) in [5, 5.41) is 10.7. The topological polar surface area (TPSA) is 120 Å². The van der Waals surface area contributed by atoms with Crippen molar-refractivity contribution in [2.24, 2.45) is 7.05 Å². The first-order valence-electron chi connectivity index (χ1n) is 11.8. The summed E-state index contributed by atoms with van der Waals surface area (Å²) in [7, 11) is 1.84. The molecule has 2 atom stereocenters. The van der Waals surface area contributed by atoms with Crippen LogP contribution in [-0.2, 0) is 16.5 Å². The number of nitrogens with one attached hydrogen (secondary N) is 2. The minimum absolute atomic E-state index is 0.0723. The molecule has 1 amide bonds. The van der Waals surface area contributed by atoms with E-state index in [2.05, 4.69) is 20.7 Å². The van der Waals surface area contributed by atoms with E-state index in [9.17, 15) is 9.59 Å². The molecular weight excluding hydrogens is 436 g/mol. The number of ether oxygens (including phenoxy) is 2.